The third-order valence-electron chi connectivity index (χ3n) is 9.22. The smallest absolute Gasteiger partial charge is 0.164 e. The highest BCUT2D eigenvalue weighted by Crippen LogP contribution is 2.49. The monoisotopic (exact) mass is 564 g/mol. The standard InChI is InChI=1S/C40H28N4/c1-40(2)31-19-11-18-30-35-29-17-10-9-12-25(29)20-23-34(35)44(36(30)31)33-22-21-28(24-32(33)40)39-42-37(26-13-5-3-6-14-26)41-38(43-39)27-15-7-4-8-16-27/h3-24H,1-2H3. The molecule has 0 fully saturated rings. The van der Waals surface area contributed by atoms with Crippen LogP contribution in [0.25, 0.3) is 72.4 Å². The van der Waals surface area contributed by atoms with Crippen molar-refractivity contribution in [2.45, 2.75) is 19.3 Å². The lowest BCUT2D eigenvalue weighted by Gasteiger charge is -2.35. The maximum atomic E-state index is 5.02. The van der Waals surface area contributed by atoms with Crippen molar-refractivity contribution in [2.75, 3.05) is 0 Å². The fourth-order valence-electron chi connectivity index (χ4n) is 7.04. The molecule has 0 unspecified atom stereocenters. The fourth-order valence-corrected chi connectivity index (χ4v) is 7.04. The zero-order valence-electron chi connectivity index (χ0n) is 24.5. The van der Waals surface area contributed by atoms with E-state index in [9.17, 15) is 0 Å². The van der Waals surface area contributed by atoms with E-state index in [0.29, 0.717) is 17.5 Å². The van der Waals surface area contributed by atoms with Gasteiger partial charge < -0.3 is 4.57 Å². The van der Waals surface area contributed by atoms with Crippen molar-refractivity contribution in [1.29, 1.82) is 0 Å². The number of hydrogen-bond acceptors (Lipinski definition) is 3. The fraction of sp³-hybridized carbons (Fsp3) is 0.0750. The molecule has 0 amide bonds. The maximum absolute atomic E-state index is 5.02. The molecule has 0 atom stereocenters. The quantitative estimate of drug-likeness (QED) is 0.215. The minimum absolute atomic E-state index is 0.234. The van der Waals surface area contributed by atoms with E-state index in [4.69, 9.17) is 15.0 Å². The lowest BCUT2D eigenvalue weighted by atomic mass is 9.74. The molecule has 208 valence electrons. The van der Waals surface area contributed by atoms with Crippen molar-refractivity contribution in [2.24, 2.45) is 0 Å². The Morgan fingerprint density at radius 2 is 1.11 bits per heavy atom. The summed E-state index contributed by atoms with van der Waals surface area (Å²) in [6, 6.07) is 47.0. The summed E-state index contributed by atoms with van der Waals surface area (Å²) in [7, 11) is 0. The zero-order valence-corrected chi connectivity index (χ0v) is 24.5. The largest absolute Gasteiger partial charge is 0.309 e. The molecule has 1 aliphatic rings. The second-order valence-corrected chi connectivity index (χ2v) is 12.1. The summed E-state index contributed by atoms with van der Waals surface area (Å²) >= 11 is 0. The first-order valence-corrected chi connectivity index (χ1v) is 15.1. The molecule has 1 aliphatic heterocycles. The molecular weight excluding hydrogens is 536 g/mol. The second kappa shape index (κ2) is 9.19. The molecule has 9 rings (SSSR count). The molecule has 4 nitrogen and oxygen atoms in total. The van der Waals surface area contributed by atoms with Crippen molar-refractivity contribution in [1.82, 2.24) is 19.5 Å². The number of fused-ring (bicyclic) bond motifs is 7. The van der Waals surface area contributed by atoms with Crippen molar-refractivity contribution < 1.29 is 0 Å². The topological polar surface area (TPSA) is 43.6 Å². The molecule has 6 aromatic carbocycles. The predicted molar refractivity (Wildman–Crippen MR) is 180 cm³/mol. The van der Waals surface area contributed by atoms with Gasteiger partial charge in [0.05, 0.1) is 16.7 Å². The van der Waals surface area contributed by atoms with E-state index in [-0.39, 0.29) is 5.41 Å². The van der Waals surface area contributed by atoms with Crippen molar-refractivity contribution in [3.05, 3.63) is 145 Å². The average Bonchev–Trinajstić information content (AvgIpc) is 3.43. The van der Waals surface area contributed by atoms with Gasteiger partial charge in [-0.3, -0.25) is 0 Å². The van der Waals surface area contributed by atoms with Crippen molar-refractivity contribution in [3.8, 4) is 39.9 Å². The van der Waals surface area contributed by atoms with E-state index < -0.39 is 0 Å². The second-order valence-electron chi connectivity index (χ2n) is 12.1. The van der Waals surface area contributed by atoms with Crippen LogP contribution in [0.3, 0.4) is 0 Å². The van der Waals surface area contributed by atoms with E-state index in [2.05, 4.69) is 91.2 Å². The molecule has 0 saturated heterocycles. The van der Waals surface area contributed by atoms with Crippen LogP contribution in [0, 0.1) is 0 Å². The Hall–Kier alpha value is -5.61. The van der Waals surface area contributed by atoms with Gasteiger partial charge in [0.15, 0.2) is 17.5 Å². The first-order chi connectivity index (χ1) is 21.6. The van der Waals surface area contributed by atoms with Crippen LogP contribution in [0.1, 0.15) is 25.0 Å². The van der Waals surface area contributed by atoms with Gasteiger partial charge in [-0.2, -0.15) is 0 Å². The van der Waals surface area contributed by atoms with Gasteiger partial charge >= 0.3 is 0 Å². The summed E-state index contributed by atoms with van der Waals surface area (Å²) in [4.78, 5) is 14.9. The minimum Gasteiger partial charge on any atom is -0.309 e. The van der Waals surface area contributed by atoms with Crippen LogP contribution in [-0.2, 0) is 5.41 Å². The van der Waals surface area contributed by atoms with Gasteiger partial charge in [0.2, 0.25) is 0 Å². The van der Waals surface area contributed by atoms with Gasteiger partial charge in [-0.15, -0.1) is 0 Å². The molecule has 44 heavy (non-hydrogen) atoms. The van der Waals surface area contributed by atoms with Crippen molar-refractivity contribution >= 4 is 32.6 Å². The molecule has 0 aliphatic carbocycles. The number of para-hydroxylation sites is 1. The van der Waals surface area contributed by atoms with Crippen LogP contribution in [0.5, 0.6) is 0 Å². The summed E-state index contributed by atoms with van der Waals surface area (Å²) in [5.74, 6) is 2.01. The van der Waals surface area contributed by atoms with E-state index in [1.165, 1.54) is 49.4 Å². The SMILES string of the molecule is CC1(C)c2cc(-c3nc(-c4ccccc4)nc(-c4ccccc4)n3)ccc2-n2c3ccc4ccccc4c3c3cccc1c32. The van der Waals surface area contributed by atoms with Crippen LogP contribution >= 0.6 is 0 Å². The zero-order chi connectivity index (χ0) is 29.4. The average molecular weight is 565 g/mol. The molecular formula is C40H28N4. The Labute approximate surface area is 255 Å². The minimum atomic E-state index is -0.234. The summed E-state index contributed by atoms with van der Waals surface area (Å²) in [6.07, 6.45) is 0. The predicted octanol–water partition coefficient (Wildman–Crippen LogP) is 9.76. The Morgan fingerprint density at radius 1 is 0.500 bits per heavy atom. The van der Waals surface area contributed by atoms with E-state index in [0.717, 1.165) is 16.7 Å². The molecule has 0 bridgehead atoms. The highest BCUT2D eigenvalue weighted by molar-refractivity contribution is 6.22. The van der Waals surface area contributed by atoms with Crippen LogP contribution in [0.2, 0.25) is 0 Å². The van der Waals surface area contributed by atoms with Crippen LogP contribution < -0.4 is 0 Å². The molecule has 0 radical (unpaired) electrons. The van der Waals surface area contributed by atoms with Crippen LogP contribution in [-0.4, -0.2) is 19.5 Å². The van der Waals surface area contributed by atoms with Gasteiger partial charge in [0, 0.05) is 32.9 Å². The summed E-state index contributed by atoms with van der Waals surface area (Å²) in [5.41, 5.74) is 8.98. The van der Waals surface area contributed by atoms with Gasteiger partial charge in [0.25, 0.3) is 0 Å². The lowest BCUT2D eigenvalue weighted by molar-refractivity contribution is 0.630. The third kappa shape index (κ3) is 3.54. The summed E-state index contributed by atoms with van der Waals surface area (Å²) in [5, 5.41) is 5.16. The molecule has 8 aromatic rings. The van der Waals surface area contributed by atoms with E-state index >= 15 is 0 Å². The van der Waals surface area contributed by atoms with Gasteiger partial charge in [-0.25, -0.2) is 15.0 Å². The maximum Gasteiger partial charge on any atom is 0.164 e. The number of rotatable bonds is 3. The molecule has 2 aromatic heterocycles. The summed E-state index contributed by atoms with van der Waals surface area (Å²) in [6.45, 7) is 4.67. The molecule has 0 saturated carbocycles. The highest BCUT2D eigenvalue weighted by Gasteiger charge is 2.35. The number of nitrogens with zero attached hydrogens (tertiary/aromatic N) is 4. The Balaban J connectivity index is 1.30. The van der Waals surface area contributed by atoms with Gasteiger partial charge in [0.1, 0.15) is 0 Å². The van der Waals surface area contributed by atoms with Crippen LogP contribution in [0.4, 0.5) is 0 Å². The Morgan fingerprint density at radius 3 is 1.82 bits per heavy atom. The van der Waals surface area contributed by atoms with E-state index in [1.807, 2.05) is 60.7 Å². The van der Waals surface area contributed by atoms with Crippen molar-refractivity contribution in [3.63, 3.8) is 0 Å². The summed E-state index contributed by atoms with van der Waals surface area (Å²) < 4.78 is 2.47. The molecule has 0 spiro atoms. The number of hydrogen-bond donors (Lipinski definition) is 0. The normalized spacial score (nSPS) is 13.4. The lowest BCUT2D eigenvalue weighted by Crippen LogP contribution is -2.26. The van der Waals surface area contributed by atoms with Gasteiger partial charge in [-0.1, -0.05) is 123 Å². The molecule has 4 heteroatoms. The third-order valence-corrected chi connectivity index (χ3v) is 9.22. The highest BCUT2D eigenvalue weighted by atomic mass is 15.0. The van der Waals surface area contributed by atoms with Gasteiger partial charge in [-0.05, 0) is 46.2 Å². The molecule has 0 N–H and O–H groups in total. The number of benzene rings is 6. The Bertz CT molecular complexity index is 2350. The number of aromatic nitrogens is 4. The molecule has 3 heterocycles. The van der Waals surface area contributed by atoms with Crippen LogP contribution in [0.15, 0.2) is 133 Å². The van der Waals surface area contributed by atoms with E-state index in [1.54, 1.807) is 0 Å². The first-order valence-electron chi connectivity index (χ1n) is 15.1. The first kappa shape index (κ1) is 24.9. The Kier molecular flexibility index (Phi) is 5.21.